The van der Waals surface area contributed by atoms with E-state index < -0.39 is 10.0 Å². The fourth-order valence-corrected chi connectivity index (χ4v) is 3.06. The zero-order chi connectivity index (χ0) is 14.0. The summed E-state index contributed by atoms with van der Waals surface area (Å²) in [6.45, 7) is 0.741. The van der Waals surface area contributed by atoms with E-state index in [4.69, 9.17) is 10.9 Å². The van der Waals surface area contributed by atoms with Crippen molar-refractivity contribution < 1.29 is 13.5 Å². The number of nitrogens with two attached hydrogens (primary N) is 2. The lowest BCUT2D eigenvalue weighted by molar-refractivity contribution is 0.178. The Kier molecular flexibility index (Phi) is 3.98. The summed E-state index contributed by atoms with van der Waals surface area (Å²) < 4.78 is 22.4. The molecule has 1 aliphatic carbocycles. The largest absolute Gasteiger partial charge is 0.398 e. The normalized spacial score (nSPS) is 23.5. The van der Waals surface area contributed by atoms with Crippen LogP contribution in [0.3, 0.4) is 0 Å². The number of rotatable bonds is 4. The number of aliphatic hydroxyl groups excluding tert-OH is 1. The van der Waals surface area contributed by atoms with E-state index in [0.29, 0.717) is 5.92 Å². The van der Waals surface area contributed by atoms with Gasteiger partial charge in [0.25, 0.3) is 0 Å². The molecule has 0 aromatic heterocycles. The number of sulfonamides is 1. The molecule has 0 heterocycles. The van der Waals surface area contributed by atoms with Crippen molar-refractivity contribution in [2.75, 3.05) is 17.6 Å². The SMILES string of the molecule is Nc1cc(NCC2CCC(O)C2)ccc1S(N)(=O)=O. The zero-order valence-corrected chi connectivity index (χ0v) is 11.4. The molecule has 1 aromatic carbocycles. The van der Waals surface area contributed by atoms with Crippen molar-refractivity contribution in [2.45, 2.75) is 30.3 Å². The highest BCUT2D eigenvalue weighted by Crippen LogP contribution is 2.26. The molecule has 2 atom stereocenters. The van der Waals surface area contributed by atoms with Crippen LogP contribution in [0.2, 0.25) is 0 Å². The van der Waals surface area contributed by atoms with Gasteiger partial charge in [-0.3, -0.25) is 0 Å². The van der Waals surface area contributed by atoms with Crippen LogP contribution in [0.15, 0.2) is 23.1 Å². The first-order chi connectivity index (χ1) is 8.86. The molecule has 0 saturated heterocycles. The van der Waals surface area contributed by atoms with Crippen LogP contribution >= 0.6 is 0 Å². The zero-order valence-electron chi connectivity index (χ0n) is 10.5. The van der Waals surface area contributed by atoms with Crippen LogP contribution in [-0.4, -0.2) is 26.2 Å². The molecule has 2 unspecified atom stereocenters. The van der Waals surface area contributed by atoms with Gasteiger partial charge in [0.05, 0.1) is 11.8 Å². The summed E-state index contributed by atoms with van der Waals surface area (Å²) in [6, 6.07) is 4.60. The molecule has 0 bridgehead atoms. The van der Waals surface area contributed by atoms with Gasteiger partial charge in [-0.2, -0.15) is 0 Å². The Balaban J connectivity index is 2.01. The summed E-state index contributed by atoms with van der Waals surface area (Å²) >= 11 is 0. The number of nitrogens with one attached hydrogen (secondary N) is 1. The molecule has 1 aromatic rings. The van der Waals surface area contributed by atoms with E-state index in [0.717, 1.165) is 31.5 Å². The van der Waals surface area contributed by atoms with E-state index in [1.807, 2.05) is 0 Å². The number of hydrogen-bond acceptors (Lipinski definition) is 5. The maximum atomic E-state index is 11.2. The predicted octanol–water partition coefficient (Wildman–Crippen LogP) is 0.489. The van der Waals surface area contributed by atoms with Crippen LogP contribution < -0.4 is 16.2 Å². The molecule has 2 rings (SSSR count). The second kappa shape index (κ2) is 5.36. The van der Waals surface area contributed by atoms with E-state index >= 15 is 0 Å². The average Bonchev–Trinajstić information content (AvgIpc) is 2.71. The summed E-state index contributed by atoms with van der Waals surface area (Å²) in [5.41, 5.74) is 6.57. The molecular weight excluding hydrogens is 266 g/mol. The third-order valence-corrected chi connectivity index (χ3v) is 4.41. The van der Waals surface area contributed by atoms with Crippen LogP contribution in [0.25, 0.3) is 0 Å². The van der Waals surface area contributed by atoms with Gasteiger partial charge >= 0.3 is 0 Å². The number of primary sulfonamides is 1. The predicted molar refractivity (Wildman–Crippen MR) is 74.1 cm³/mol. The maximum absolute atomic E-state index is 11.2. The van der Waals surface area contributed by atoms with Gasteiger partial charge in [0, 0.05) is 12.2 Å². The summed E-state index contributed by atoms with van der Waals surface area (Å²) in [7, 11) is -3.77. The lowest BCUT2D eigenvalue weighted by Crippen LogP contribution is -2.15. The molecule has 6 nitrogen and oxygen atoms in total. The minimum absolute atomic E-state index is 0.0608. The quantitative estimate of drug-likeness (QED) is 0.600. The summed E-state index contributed by atoms with van der Waals surface area (Å²) in [4.78, 5) is -0.0608. The number of aliphatic hydroxyl groups is 1. The molecule has 1 aliphatic rings. The first-order valence-electron chi connectivity index (χ1n) is 6.20. The minimum Gasteiger partial charge on any atom is -0.398 e. The first-order valence-corrected chi connectivity index (χ1v) is 7.75. The molecule has 19 heavy (non-hydrogen) atoms. The van der Waals surface area contributed by atoms with E-state index in [2.05, 4.69) is 5.32 Å². The van der Waals surface area contributed by atoms with Crippen molar-refractivity contribution >= 4 is 21.4 Å². The van der Waals surface area contributed by atoms with Gasteiger partial charge in [-0.05, 0) is 43.4 Å². The van der Waals surface area contributed by atoms with Gasteiger partial charge in [-0.15, -0.1) is 0 Å². The lowest BCUT2D eigenvalue weighted by atomic mass is 10.1. The number of anilines is 2. The minimum atomic E-state index is -3.77. The van der Waals surface area contributed by atoms with Gasteiger partial charge in [0.15, 0.2) is 0 Å². The highest BCUT2D eigenvalue weighted by atomic mass is 32.2. The van der Waals surface area contributed by atoms with Crippen molar-refractivity contribution in [1.82, 2.24) is 0 Å². The molecular formula is C12H19N3O3S. The second-order valence-electron chi connectivity index (χ2n) is 5.01. The molecule has 1 fully saturated rings. The van der Waals surface area contributed by atoms with Gasteiger partial charge in [0.1, 0.15) is 4.90 Å². The highest BCUT2D eigenvalue weighted by molar-refractivity contribution is 7.89. The lowest BCUT2D eigenvalue weighted by Gasteiger charge is -2.13. The molecule has 0 aliphatic heterocycles. The Morgan fingerprint density at radius 3 is 2.63 bits per heavy atom. The maximum Gasteiger partial charge on any atom is 0.240 e. The number of hydrogen-bond donors (Lipinski definition) is 4. The van der Waals surface area contributed by atoms with Crippen molar-refractivity contribution in [3.05, 3.63) is 18.2 Å². The monoisotopic (exact) mass is 285 g/mol. The van der Waals surface area contributed by atoms with E-state index in [1.54, 1.807) is 12.1 Å². The molecule has 106 valence electrons. The second-order valence-corrected chi connectivity index (χ2v) is 6.54. The van der Waals surface area contributed by atoms with E-state index in [9.17, 15) is 13.5 Å². The van der Waals surface area contributed by atoms with E-state index in [1.165, 1.54) is 6.07 Å². The molecule has 6 N–H and O–H groups in total. The van der Waals surface area contributed by atoms with Crippen molar-refractivity contribution in [3.63, 3.8) is 0 Å². The summed E-state index contributed by atoms with van der Waals surface area (Å²) in [5, 5.41) is 17.7. The Labute approximate surface area is 112 Å². The van der Waals surface area contributed by atoms with Crippen LogP contribution in [0.1, 0.15) is 19.3 Å². The summed E-state index contributed by atoms with van der Waals surface area (Å²) in [5.74, 6) is 0.439. The standard InChI is InChI=1S/C12H19N3O3S/c13-11-6-9(2-4-12(11)19(14,17)18)15-7-8-1-3-10(16)5-8/h2,4,6,8,10,15-16H,1,3,5,7,13H2,(H2,14,17,18). The third kappa shape index (κ3) is 3.59. The van der Waals surface area contributed by atoms with E-state index in [-0.39, 0.29) is 16.7 Å². The van der Waals surface area contributed by atoms with Gasteiger partial charge < -0.3 is 16.2 Å². The van der Waals surface area contributed by atoms with Crippen molar-refractivity contribution in [2.24, 2.45) is 11.1 Å². The number of benzene rings is 1. The highest BCUT2D eigenvalue weighted by Gasteiger charge is 2.22. The van der Waals surface area contributed by atoms with Crippen LogP contribution in [-0.2, 0) is 10.0 Å². The smallest absolute Gasteiger partial charge is 0.240 e. The van der Waals surface area contributed by atoms with Crippen LogP contribution in [0.5, 0.6) is 0 Å². The fourth-order valence-electron chi connectivity index (χ4n) is 2.41. The third-order valence-electron chi connectivity index (χ3n) is 3.42. The fraction of sp³-hybridized carbons (Fsp3) is 0.500. The first kappa shape index (κ1) is 14.1. The molecule has 7 heteroatoms. The average molecular weight is 285 g/mol. The Morgan fingerprint density at radius 1 is 1.37 bits per heavy atom. The van der Waals surface area contributed by atoms with Gasteiger partial charge in [-0.25, -0.2) is 13.6 Å². The topological polar surface area (TPSA) is 118 Å². The van der Waals surface area contributed by atoms with Gasteiger partial charge in [-0.1, -0.05) is 0 Å². The van der Waals surface area contributed by atoms with Crippen molar-refractivity contribution in [1.29, 1.82) is 0 Å². The number of nitrogen functional groups attached to an aromatic ring is 1. The molecule has 0 radical (unpaired) electrons. The molecule has 0 amide bonds. The molecule has 1 saturated carbocycles. The van der Waals surface area contributed by atoms with Crippen LogP contribution in [0.4, 0.5) is 11.4 Å². The Morgan fingerprint density at radius 2 is 2.11 bits per heavy atom. The van der Waals surface area contributed by atoms with Crippen molar-refractivity contribution in [3.8, 4) is 0 Å². The van der Waals surface area contributed by atoms with Gasteiger partial charge in [0.2, 0.25) is 10.0 Å². The molecule has 0 spiro atoms. The Hall–Kier alpha value is -1.31. The Bertz CT molecular complexity index is 559. The summed E-state index contributed by atoms with van der Waals surface area (Å²) in [6.07, 6.45) is 2.46. The van der Waals surface area contributed by atoms with Crippen LogP contribution in [0, 0.1) is 5.92 Å².